The van der Waals surface area contributed by atoms with Crippen LogP contribution in [0.25, 0.3) is 11.1 Å². The molecule has 1 aromatic heterocycles. The van der Waals surface area contributed by atoms with Crippen molar-refractivity contribution < 1.29 is 24.2 Å². The van der Waals surface area contributed by atoms with Gasteiger partial charge in [0, 0.05) is 11.6 Å². The summed E-state index contributed by atoms with van der Waals surface area (Å²) in [5.74, 6) is -1.33. The molecule has 0 radical (unpaired) electrons. The van der Waals surface area contributed by atoms with Crippen LogP contribution >= 0.6 is 0 Å². The molecule has 104 valence electrons. The molecular weight excluding hydrogens is 264 g/mol. The lowest BCUT2D eigenvalue weighted by atomic mass is 9.97. The number of aryl methyl sites for hydroxylation is 1. The number of aromatic carboxylic acids is 1. The summed E-state index contributed by atoms with van der Waals surface area (Å²) in [6, 6.07) is 3.59. The van der Waals surface area contributed by atoms with Gasteiger partial charge in [-0.1, -0.05) is 0 Å². The average molecular weight is 276 g/mol. The molecule has 6 nitrogen and oxygen atoms in total. The molecule has 0 spiro atoms. The van der Waals surface area contributed by atoms with Crippen LogP contribution in [0.15, 0.2) is 33.7 Å². The van der Waals surface area contributed by atoms with Crippen molar-refractivity contribution in [3.8, 4) is 22.6 Å². The second-order valence-electron chi connectivity index (χ2n) is 4.06. The SMILES string of the molecule is COc1c(O)ccc(C(=O)O)c1-c1c(C)occc1=O. The van der Waals surface area contributed by atoms with E-state index in [9.17, 15) is 19.8 Å². The highest BCUT2D eigenvalue weighted by atomic mass is 16.5. The normalized spacial score (nSPS) is 10.3. The summed E-state index contributed by atoms with van der Waals surface area (Å²) in [4.78, 5) is 23.3. The number of hydrogen-bond donors (Lipinski definition) is 2. The van der Waals surface area contributed by atoms with E-state index in [0.29, 0.717) is 0 Å². The third kappa shape index (κ3) is 2.11. The van der Waals surface area contributed by atoms with Crippen molar-refractivity contribution in [1.29, 1.82) is 0 Å². The molecule has 2 N–H and O–H groups in total. The van der Waals surface area contributed by atoms with Crippen LogP contribution in [0.2, 0.25) is 0 Å². The first-order chi connectivity index (χ1) is 9.47. The minimum Gasteiger partial charge on any atom is -0.504 e. The third-order valence-electron chi connectivity index (χ3n) is 2.88. The van der Waals surface area contributed by atoms with E-state index >= 15 is 0 Å². The molecule has 2 rings (SSSR count). The lowest BCUT2D eigenvalue weighted by Crippen LogP contribution is -2.10. The number of rotatable bonds is 3. The molecule has 0 amide bonds. The highest BCUT2D eigenvalue weighted by molar-refractivity contribution is 5.99. The fourth-order valence-electron chi connectivity index (χ4n) is 2.02. The summed E-state index contributed by atoms with van der Waals surface area (Å²) >= 11 is 0. The fraction of sp³-hybridized carbons (Fsp3) is 0.143. The maximum atomic E-state index is 12.0. The average Bonchev–Trinajstić information content (AvgIpc) is 2.38. The molecule has 0 aliphatic heterocycles. The lowest BCUT2D eigenvalue weighted by molar-refractivity contribution is 0.0697. The van der Waals surface area contributed by atoms with Gasteiger partial charge in [-0.05, 0) is 19.1 Å². The van der Waals surface area contributed by atoms with Crippen LogP contribution < -0.4 is 10.2 Å². The zero-order valence-electron chi connectivity index (χ0n) is 10.8. The molecule has 6 heteroatoms. The van der Waals surface area contributed by atoms with Gasteiger partial charge in [0.1, 0.15) is 5.76 Å². The summed E-state index contributed by atoms with van der Waals surface area (Å²) in [5.41, 5.74) is -0.508. The number of methoxy groups -OCH3 is 1. The number of aromatic hydroxyl groups is 1. The molecule has 20 heavy (non-hydrogen) atoms. The zero-order valence-corrected chi connectivity index (χ0v) is 10.8. The van der Waals surface area contributed by atoms with E-state index in [0.717, 1.165) is 0 Å². The number of carboxylic acid groups (broad SMARTS) is 1. The van der Waals surface area contributed by atoms with E-state index in [1.54, 1.807) is 0 Å². The van der Waals surface area contributed by atoms with Gasteiger partial charge in [0.05, 0.1) is 24.5 Å². The Bertz CT molecular complexity index is 729. The quantitative estimate of drug-likeness (QED) is 0.890. The van der Waals surface area contributed by atoms with Gasteiger partial charge in [-0.3, -0.25) is 4.79 Å². The third-order valence-corrected chi connectivity index (χ3v) is 2.88. The Morgan fingerprint density at radius 1 is 1.25 bits per heavy atom. The number of ether oxygens (including phenoxy) is 1. The highest BCUT2D eigenvalue weighted by Gasteiger charge is 2.23. The molecule has 0 bridgehead atoms. The molecule has 0 saturated heterocycles. The first-order valence-electron chi connectivity index (χ1n) is 5.69. The minimum atomic E-state index is -1.24. The van der Waals surface area contributed by atoms with Gasteiger partial charge in [0.2, 0.25) is 0 Å². The van der Waals surface area contributed by atoms with Crippen LogP contribution in [0.1, 0.15) is 16.1 Å². The predicted octanol–water partition coefficient (Wildman–Crippen LogP) is 2.03. The molecule has 0 fully saturated rings. The number of carboxylic acids is 1. The predicted molar refractivity (Wildman–Crippen MR) is 70.3 cm³/mol. The van der Waals surface area contributed by atoms with Gasteiger partial charge in [-0.2, -0.15) is 0 Å². The zero-order chi connectivity index (χ0) is 14.9. The van der Waals surface area contributed by atoms with E-state index in [2.05, 4.69) is 0 Å². The van der Waals surface area contributed by atoms with Crippen molar-refractivity contribution in [1.82, 2.24) is 0 Å². The number of benzene rings is 1. The number of phenolic OH excluding ortho intramolecular Hbond substituents is 1. The summed E-state index contributed by atoms with van der Waals surface area (Å²) < 4.78 is 10.2. The molecule has 2 aromatic rings. The van der Waals surface area contributed by atoms with E-state index in [4.69, 9.17) is 9.15 Å². The lowest BCUT2D eigenvalue weighted by Gasteiger charge is -2.13. The van der Waals surface area contributed by atoms with E-state index in [1.807, 2.05) is 0 Å². The van der Waals surface area contributed by atoms with Gasteiger partial charge in [-0.25, -0.2) is 4.79 Å². The van der Waals surface area contributed by atoms with Crippen molar-refractivity contribution in [2.45, 2.75) is 6.92 Å². The highest BCUT2D eigenvalue weighted by Crippen LogP contribution is 2.39. The second kappa shape index (κ2) is 5.08. The topological polar surface area (TPSA) is 97.0 Å². The smallest absolute Gasteiger partial charge is 0.336 e. The summed E-state index contributed by atoms with van der Waals surface area (Å²) in [5, 5.41) is 19.0. The summed E-state index contributed by atoms with van der Waals surface area (Å²) in [7, 11) is 1.28. The molecule has 1 heterocycles. The van der Waals surface area contributed by atoms with Gasteiger partial charge < -0.3 is 19.4 Å². The van der Waals surface area contributed by atoms with E-state index in [-0.39, 0.29) is 33.9 Å². The second-order valence-corrected chi connectivity index (χ2v) is 4.06. The van der Waals surface area contributed by atoms with Crippen LogP contribution in [0.3, 0.4) is 0 Å². The van der Waals surface area contributed by atoms with Crippen LogP contribution in [-0.2, 0) is 0 Å². The summed E-state index contributed by atoms with van der Waals surface area (Å²) in [6.45, 7) is 1.53. The van der Waals surface area contributed by atoms with Crippen LogP contribution in [0, 0.1) is 6.92 Å². The Hall–Kier alpha value is -2.76. The van der Waals surface area contributed by atoms with Crippen molar-refractivity contribution in [2.24, 2.45) is 0 Å². The first-order valence-corrected chi connectivity index (χ1v) is 5.69. The summed E-state index contributed by atoms with van der Waals surface area (Å²) in [6.07, 6.45) is 1.22. The van der Waals surface area contributed by atoms with Gasteiger partial charge in [0.15, 0.2) is 16.9 Å². The molecule has 0 saturated carbocycles. The maximum absolute atomic E-state index is 12.0. The van der Waals surface area contributed by atoms with Crippen LogP contribution in [0.5, 0.6) is 11.5 Å². The van der Waals surface area contributed by atoms with Gasteiger partial charge >= 0.3 is 5.97 Å². The van der Waals surface area contributed by atoms with Crippen molar-refractivity contribution in [3.05, 3.63) is 46.0 Å². The van der Waals surface area contributed by atoms with Crippen molar-refractivity contribution in [3.63, 3.8) is 0 Å². The van der Waals surface area contributed by atoms with Crippen LogP contribution in [-0.4, -0.2) is 23.3 Å². The number of carbonyl (C=O) groups is 1. The Kier molecular flexibility index (Phi) is 3.47. The van der Waals surface area contributed by atoms with Crippen molar-refractivity contribution in [2.75, 3.05) is 7.11 Å². The molecule has 0 unspecified atom stereocenters. The van der Waals surface area contributed by atoms with Gasteiger partial charge in [-0.15, -0.1) is 0 Å². The van der Waals surface area contributed by atoms with Gasteiger partial charge in [0.25, 0.3) is 0 Å². The minimum absolute atomic E-state index is 0.00634. The standard InChI is InChI=1S/C14H12O6/c1-7-11(9(15)5-6-20-7)12-8(14(17)18)3-4-10(16)13(12)19-2/h3-6,16H,1-2H3,(H,17,18). The fourth-order valence-corrected chi connectivity index (χ4v) is 2.02. The van der Waals surface area contributed by atoms with E-state index < -0.39 is 11.4 Å². The van der Waals surface area contributed by atoms with Crippen molar-refractivity contribution >= 4 is 5.97 Å². The van der Waals surface area contributed by atoms with E-state index in [1.165, 1.54) is 38.5 Å². The molecule has 1 aromatic carbocycles. The number of hydrogen-bond acceptors (Lipinski definition) is 5. The number of phenols is 1. The Morgan fingerprint density at radius 2 is 1.95 bits per heavy atom. The van der Waals surface area contributed by atoms with Crippen LogP contribution in [0.4, 0.5) is 0 Å². The Balaban J connectivity index is 2.95. The Morgan fingerprint density at radius 3 is 2.50 bits per heavy atom. The maximum Gasteiger partial charge on any atom is 0.336 e. The molecule has 0 aliphatic rings. The largest absolute Gasteiger partial charge is 0.504 e. The Labute approximate surface area is 113 Å². The monoisotopic (exact) mass is 276 g/mol. The molecule has 0 aliphatic carbocycles. The molecule has 0 atom stereocenters. The first kappa shape index (κ1) is 13.7. The molecular formula is C14H12O6.